The van der Waals surface area contributed by atoms with Crippen molar-refractivity contribution in [1.29, 1.82) is 0 Å². The summed E-state index contributed by atoms with van der Waals surface area (Å²) in [6, 6.07) is 3.70. The summed E-state index contributed by atoms with van der Waals surface area (Å²) in [4.78, 5) is 40.8. The predicted molar refractivity (Wildman–Crippen MR) is 110 cm³/mol. The average molecular weight is 436 g/mol. The Balaban J connectivity index is 1.74. The zero-order chi connectivity index (χ0) is 22.1. The number of imidazole rings is 1. The van der Waals surface area contributed by atoms with E-state index in [0.717, 1.165) is 6.07 Å². The SMILES string of the molecule is CNC(=O)c1c(C(N)=O)ncn1[C@H]1CC[C@@](C)(C(=O)Nc2ccc(F)cc2Cl)CC1. The minimum atomic E-state index is -0.774. The molecule has 1 aliphatic carbocycles. The smallest absolute Gasteiger partial charge is 0.270 e. The van der Waals surface area contributed by atoms with E-state index in [-0.39, 0.29) is 28.4 Å². The second-order valence-corrected chi connectivity index (χ2v) is 8.07. The fourth-order valence-corrected chi connectivity index (χ4v) is 3.98. The monoisotopic (exact) mass is 435 g/mol. The number of nitrogens with two attached hydrogens (primary N) is 1. The van der Waals surface area contributed by atoms with E-state index in [1.807, 2.05) is 6.92 Å². The molecule has 1 fully saturated rings. The van der Waals surface area contributed by atoms with E-state index in [1.54, 1.807) is 4.57 Å². The lowest BCUT2D eigenvalue weighted by Gasteiger charge is -2.37. The first-order chi connectivity index (χ1) is 14.2. The van der Waals surface area contributed by atoms with Crippen LogP contribution in [0.25, 0.3) is 0 Å². The zero-order valence-corrected chi connectivity index (χ0v) is 17.4. The molecule has 1 saturated carbocycles. The van der Waals surface area contributed by atoms with E-state index in [2.05, 4.69) is 15.6 Å². The number of nitrogens with one attached hydrogen (secondary N) is 2. The average Bonchev–Trinajstić information content (AvgIpc) is 3.15. The van der Waals surface area contributed by atoms with Gasteiger partial charge in [-0.3, -0.25) is 14.4 Å². The Bertz CT molecular complexity index is 998. The van der Waals surface area contributed by atoms with Crippen molar-refractivity contribution in [3.63, 3.8) is 0 Å². The minimum Gasteiger partial charge on any atom is -0.364 e. The van der Waals surface area contributed by atoms with E-state index in [0.29, 0.717) is 31.4 Å². The van der Waals surface area contributed by atoms with Crippen molar-refractivity contribution in [3.05, 3.63) is 46.8 Å². The predicted octanol–water partition coefficient (Wildman–Crippen LogP) is 2.89. The second-order valence-electron chi connectivity index (χ2n) is 7.66. The number of anilines is 1. The third-order valence-corrected chi connectivity index (χ3v) is 5.96. The maximum absolute atomic E-state index is 13.2. The molecule has 10 heteroatoms. The van der Waals surface area contributed by atoms with Gasteiger partial charge < -0.3 is 20.9 Å². The molecule has 2 aromatic rings. The van der Waals surface area contributed by atoms with Crippen molar-refractivity contribution >= 4 is 35.0 Å². The van der Waals surface area contributed by atoms with E-state index in [1.165, 1.54) is 25.5 Å². The van der Waals surface area contributed by atoms with Crippen LogP contribution in [-0.2, 0) is 4.79 Å². The number of nitrogens with zero attached hydrogens (tertiary/aromatic N) is 2. The summed E-state index contributed by atoms with van der Waals surface area (Å²) in [5, 5.41) is 5.41. The van der Waals surface area contributed by atoms with Gasteiger partial charge in [-0.05, 0) is 43.9 Å². The number of aromatic nitrogens is 2. The van der Waals surface area contributed by atoms with Gasteiger partial charge in [0.1, 0.15) is 11.5 Å². The van der Waals surface area contributed by atoms with Crippen molar-refractivity contribution in [3.8, 4) is 0 Å². The molecule has 1 aromatic carbocycles. The normalized spacial score (nSPS) is 21.1. The summed E-state index contributed by atoms with van der Waals surface area (Å²) >= 11 is 6.01. The molecule has 1 aliphatic rings. The van der Waals surface area contributed by atoms with Crippen LogP contribution in [-0.4, -0.2) is 34.3 Å². The van der Waals surface area contributed by atoms with Crippen LogP contribution >= 0.6 is 11.6 Å². The zero-order valence-electron chi connectivity index (χ0n) is 16.7. The van der Waals surface area contributed by atoms with Crippen LogP contribution in [0.5, 0.6) is 0 Å². The van der Waals surface area contributed by atoms with Gasteiger partial charge in [-0.15, -0.1) is 0 Å². The van der Waals surface area contributed by atoms with Gasteiger partial charge in [0.2, 0.25) is 5.91 Å². The first-order valence-corrected chi connectivity index (χ1v) is 9.89. The summed E-state index contributed by atoms with van der Waals surface area (Å²) in [6.45, 7) is 1.86. The van der Waals surface area contributed by atoms with Gasteiger partial charge in [0, 0.05) is 18.5 Å². The highest BCUT2D eigenvalue weighted by molar-refractivity contribution is 6.33. The number of halogens is 2. The Hall–Kier alpha value is -2.94. The molecule has 3 rings (SSSR count). The fraction of sp³-hybridized carbons (Fsp3) is 0.400. The third-order valence-electron chi connectivity index (χ3n) is 5.65. The Labute approximate surface area is 178 Å². The highest BCUT2D eigenvalue weighted by Gasteiger charge is 2.39. The quantitative estimate of drug-likeness (QED) is 0.668. The molecular formula is C20H23ClFN5O3. The number of primary amides is 1. The van der Waals surface area contributed by atoms with Gasteiger partial charge in [-0.1, -0.05) is 18.5 Å². The van der Waals surface area contributed by atoms with Gasteiger partial charge in [-0.2, -0.15) is 0 Å². The Morgan fingerprint density at radius 2 is 1.97 bits per heavy atom. The molecular weight excluding hydrogens is 413 g/mol. The summed E-state index contributed by atoms with van der Waals surface area (Å²) in [5.74, 6) is -1.90. The van der Waals surface area contributed by atoms with Crippen LogP contribution in [0.1, 0.15) is 59.6 Å². The Kier molecular flexibility index (Phi) is 6.12. The molecule has 160 valence electrons. The molecule has 1 heterocycles. The highest BCUT2D eigenvalue weighted by atomic mass is 35.5. The van der Waals surface area contributed by atoms with E-state index >= 15 is 0 Å². The molecule has 0 bridgehead atoms. The first-order valence-electron chi connectivity index (χ1n) is 9.51. The second kappa shape index (κ2) is 8.43. The van der Waals surface area contributed by atoms with Crippen molar-refractivity contribution in [2.45, 2.75) is 38.6 Å². The van der Waals surface area contributed by atoms with Gasteiger partial charge in [0.05, 0.1) is 17.0 Å². The maximum atomic E-state index is 13.2. The van der Waals surface area contributed by atoms with Gasteiger partial charge >= 0.3 is 0 Å². The molecule has 30 heavy (non-hydrogen) atoms. The molecule has 4 N–H and O–H groups in total. The molecule has 1 aromatic heterocycles. The van der Waals surface area contributed by atoms with Crippen LogP contribution in [0.2, 0.25) is 5.02 Å². The Morgan fingerprint density at radius 3 is 2.53 bits per heavy atom. The number of carbonyl (C=O) groups excluding carboxylic acids is 3. The van der Waals surface area contributed by atoms with Gasteiger partial charge in [0.25, 0.3) is 11.8 Å². The van der Waals surface area contributed by atoms with E-state index in [9.17, 15) is 18.8 Å². The van der Waals surface area contributed by atoms with Crippen molar-refractivity contribution in [2.75, 3.05) is 12.4 Å². The topological polar surface area (TPSA) is 119 Å². The number of rotatable bonds is 5. The number of carbonyl (C=O) groups is 3. The minimum absolute atomic E-state index is 0.0774. The van der Waals surface area contributed by atoms with Gasteiger partial charge in [0.15, 0.2) is 5.69 Å². The summed E-state index contributed by atoms with van der Waals surface area (Å²) in [5.41, 5.74) is 5.09. The summed E-state index contributed by atoms with van der Waals surface area (Å²) < 4.78 is 14.9. The summed E-state index contributed by atoms with van der Waals surface area (Å²) in [7, 11) is 1.47. The molecule has 3 amide bonds. The van der Waals surface area contributed by atoms with Crippen LogP contribution in [0.15, 0.2) is 24.5 Å². The molecule has 0 spiro atoms. The van der Waals surface area contributed by atoms with Crippen LogP contribution in [0.4, 0.5) is 10.1 Å². The molecule has 0 aliphatic heterocycles. The lowest BCUT2D eigenvalue weighted by atomic mass is 9.73. The Morgan fingerprint density at radius 1 is 1.30 bits per heavy atom. The number of benzene rings is 1. The third kappa shape index (κ3) is 4.16. The molecule has 0 saturated heterocycles. The standard InChI is InChI=1S/C20H23ClFN5O3/c1-20(19(30)26-14-4-3-11(22)9-13(14)21)7-5-12(6-8-20)27-10-25-15(17(23)28)16(27)18(29)24-2/h3-4,9-10,12H,5-8H2,1-2H3,(H2,23,28)(H,24,29)(H,26,30)/t12-,20+. The number of hydrogen-bond donors (Lipinski definition) is 3. The largest absolute Gasteiger partial charge is 0.364 e. The number of amides is 3. The van der Waals surface area contributed by atoms with Crippen molar-refractivity contribution in [2.24, 2.45) is 11.1 Å². The maximum Gasteiger partial charge on any atom is 0.270 e. The molecule has 0 atom stereocenters. The van der Waals surface area contributed by atoms with Crippen LogP contribution in [0.3, 0.4) is 0 Å². The van der Waals surface area contributed by atoms with Crippen molar-refractivity contribution < 1.29 is 18.8 Å². The van der Waals surface area contributed by atoms with Crippen LogP contribution < -0.4 is 16.4 Å². The van der Waals surface area contributed by atoms with Gasteiger partial charge in [-0.25, -0.2) is 9.37 Å². The fourth-order valence-electron chi connectivity index (χ4n) is 3.77. The lowest BCUT2D eigenvalue weighted by Crippen LogP contribution is -2.38. The van der Waals surface area contributed by atoms with Crippen LogP contribution in [0, 0.1) is 11.2 Å². The highest BCUT2D eigenvalue weighted by Crippen LogP contribution is 2.42. The van der Waals surface area contributed by atoms with Crippen molar-refractivity contribution in [1.82, 2.24) is 14.9 Å². The first kappa shape index (κ1) is 21.8. The van der Waals surface area contributed by atoms with E-state index in [4.69, 9.17) is 17.3 Å². The summed E-state index contributed by atoms with van der Waals surface area (Å²) in [6.07, 6.45) is 3.72. The number of hydrogen-bond acceptors (Lipinski definition) is 4. The van der Waals surface area contributed by atoms with E-state index < -0.39 is 23.0 Å². The molecule has 8 nitrogen and oxygen atoms in total. The molecule has 0 unspecified atom stereocenters. The lowest BCUT2D eigenvalue weighted by molar-refractivity contribution is -0.126. The molecule has 0 radical (unpaired) electrons.